The third kappa shape index (κ3) is 3.29. The van der Waals surface area contributed by atoms with Crippen LogP contribution in [-0.4, -0.2) is 18.0 Å². The topological polar surface area (TPSA) is 64.0 Å². The SMILES string of the molecule is CCc1cccc(C)c1NS(=O)(=O)c1cc(-c2nc(C)cs2)n(C)c1C. The van der Waals surface area contributed by atoms with Gasteiger partial charge in [0.2, 0.25) is 0 Å². The molecule has 138 valence electrons. The maximum Gasteiger partial charge on any atom is 0.263 e. The van der Waals surface area contributed by atoms with Gasteiger partial charge in [-0.3, -0.25) is 4.72 Å². The van der Waals surface area contributed by atoms with Crippen molar-refractivity contribution in [2.45, 2.75) is 39.0 Å². The summed E-state index contributed by atoms with van der Waals surface area (Å²) in [5, 5.41) is 2.78. The van der Waals surface area contributed by atoms with Crippen LogP contribution < -0.4 is 4.72 Å². The minimum absolute atomic E-state index is 0.285. The summed E-state index contributed by atoms with van der Waals surface area (Å²) in [7, 11) is -1.83. The van der Waals surface area contributed by atoms with Gasteiger partial charge in [-0.2, -0.15) is 0 Å². The number of aryl methyl sites for hydroxylation is 3. The van der Waals surface area contributed by atoms with Crippen molar-refractivity contribution in [3.05, 3.63) is 52.2 Å². The molecule has 0 aliphatic rings. The number of hydrogen-bond donors (Lipinski definition) is 1. The van der Waals surface area contributed by atoms with E-state index in [1.165, 1.54) is 11.3 Å². The van der Waals surface area contributed by atoms with Gasteiger partial charge in [-0.1, -0.05) is 25.1 Å². The summed E-state index contributed by atoms with van der Waals surface area (Å²) in [5.41, 5.74) is 4.99. The minimum atomic E-state index is -3.70. The molecule has 0 bridgehead atoms. The summed E-state index contributed by atoms with van der Waals surface area (Å²) >= 11 is 1.51. The van der Waals surface area contributed by atoms with E-state index in [9.17, 15) is 8.42 Å². The van der Waals surface area contributed by atoms with E-state index in [1.54, 1.807) is 6.07 Å². The monoisotopic (exact) mass is 389 g/mol. The zero-order chi connectivity index (χ0) is 19.1. The fourth-order valence-electron chi connectivity index (χ4n) is 2.98. The molecule has 1 N–H and O–H groups in total. The lowest BCUT2D eigenvalue weighted by Gasteiger charge is -2.14. The quantitative estimate of drug-likeness (QED) is 0.702. The largest absolute Gasteiger partial charge is 0.345 e. The zero-order valence-corrected chi connectivity index (χ0v) is 17.3. The highest BCUT2D eigenvalue weighted by Crippen LogP contribution is 2.32. The van der Waals surface area contributed by atoms with Crippen LogP contribution >= 0.6 is 11.3 Å². The highest BCUT2D eigenvalue weighted by Gasteiger charge is 2.24. The van der Waals surface area contributed by atoms with Gasteiger partial charge in [0.15, 0.2) is 0 Å². The van der Waals surface area contributed by atoms with Gasteiger partial charge < -0.3 is 4.57 Å². The van der Waals surface area contributed by atoms with E-state index in [0.29, 0.717) is 11.4 Å². The molecule has 0 spiro atoms. The van der Waals surface area contributed by atoms with Crippen molar-refractivity contribution in [2.24, 2.45) is 7.05 Å². The summed E-state index contributed by atoms with van der Waals surface area (Å²) < 4.78 is 30.9. The summed E-state index contributed by atoms with van der Waals surface area (Å²) in [6, 6.07) is 7.52. The Bertz CT molecular complexity index is 1060. The molecule has 0 unspecified atom stereocenters. The minimum Gasteiger partial charge on any atom is -0.345 e. The third-order valence-electron chi connectivity index (χ3n) is 4.59. The molecule has 0 radical (unpaired) electrons. The summed E-state index contributed by atoms with van der Waals surface area (Å²) in [6.07, 6.45) is 0.761. The molecule has 7 heteroatoms. The number of sulfonamides is 1. The molecule has 0 fully saturated rings. The molecule has 3 aromatic rings. The number of aromatic nitrogens is 2. The van der Waals surface area contributed by atoms with E-state index >= 15 is 0 Å². The Kier molecular flexibility index (Phi) is 4.94. The van der Waals surface area contributed by atoms with Crippen molar-refractivity contribution in [1.29, 1.82) is 0 Å². The first-order valence-corrected chi connectivity index (χ1v) is 10.8. The molecule has 1 aromatic carbocycles. The van der Waals surface area contributed by atoms with E-state index in [1.807, 2.05) is 62.9 Å². The lowest BCUT2D eigenvalue weighted by molar-refractivity contribution is 0.600. The van der Waals surface area contributed by atoms with Crippen LogP contribution in [0.3, 0.4) is 0 Å². The predicted octanol–water partition coefficient (Wildman–Crippen LogP) is 4.44. The van der Waals surface area contributed by atoms with E-state index < -0.39 is 10.0 Å². The van der Waals surface area contributed by atoms with Crippen molar-refractivity contribution in [1.82, 2.24) is 9.55 Å². The Morgan fingerprint density at radius 3 is 2.58 bits per heavy atom. The fraction of sp³-hybridized carbons (Fsp3) is 0.316. The van der Waals surface area contributed by atoms with Gasteiger partial charge in [0.05, 0.1) is 11.4 Å². The normalized spacial score (nSPS) is 11.7. The van der Waals surface area contributed by atoms with Crippen LogP contribution in [0.5, 0.6) is 0 Å². The van der Waals surface area contributed by atoms with Gasteiger partial charge in [-0.05, 0) is 44.4 Å². The standard InChI is InChI=1S/C19H23N3O2S2/c1-6-15-9-7-8-12(2)18(15)21-26(23,24)17-10-16(22(5)14(17)4)19-20-13(3)11-25-19/h7-11,21H,6H2,1-5H3. The van der Waals surface area contributed by atoms with Crippen molar-refractivity contribution in [3.63, 3.8) is 0 Å². The summed E-state index contributed by atoms with van der Waals surface area (Å²) in [4.78, 5) is 4.77. The maximum atomic E-state index is 13.1. The molecule has 0 atom stereocenters. The van der Waals surface area contributed by atoms with Gasteiger partial charge in [-0.15, -0.1) is 11.3 Å². The van der Waals surface area contributed by atoms with Crippen molar-refractivity contribution in [2.75, 3.05) is 4.72 Å². The Morgan fingerprint density at radius 2 is 1.96 bits per heavy atom. The lowest BCUT2D eigenvalue weighted by atomic mass is 10.1. The molecule has 0 aliphatic heterocycles. The highest BCUT2D eigenvalue weighted by atomic mass is 32.2. The molecule has 26 heavy (non-hydrogen) atoms. The number of benzene rings is 1. The molecule has 3 rings (SSSR count). The molecule has 2 heterocycles. The summed E-state index contributed by atoms with van der Waals surface area (Å²) in [6.45, 7) is 7.68. The van der Waals surface area contributed by atoms with Gasteiger partial charge in [0.25, 0.3) is 10.0 Å². The Labute approximate surface area is 158 Å². The van der Waals surface area contributed by atoms with E-state index in [-0.39, 0.29) is 4.90 Å². The number of nitrogens with zero attached hydrogens (tertiary/aromatic N) is 2. The molecular formula is C19H23N3O2S2. The van der Waals surface area contributed by atoms with Gasteiger partial charge in [-0.25, -0.2) is 13.4 Å². The fourth-order valence-corrected chi connectivity index (χ4v) is 5.29. The van der Waals surface area contributed by atoms with Crippen LogP contribution in [0.4, 0.5) is 5.69 Å². The van der Waals surface area contributed by atoms with Crippen LogP contribution in [0, 0.1) is 20.8 Å². The predicted molar refractivity (Wildman–Crippen MR) is 107 cm³/mol. The van der Waals surface area contributed by atoms with Crippen LogP contribution in [0.25, 0.3) is 10.7 Å². The number of rotatable bonds is 5. The second-order valence-corrected chi connectivity index (χ2v) is 8.91. The number of hydrogen-bond acceptors (Lipinski definition) is 4. The summed E-state index contributed by atoms with van der Waals surface area (Å²) in [5.74, 6) is 0. The maximum absolute atomic E-state index is 13.1. The lowest BCUT2D eigenvalue weighted by Crippen LogP contribution is -2.16. The van der Waals surface area contributed by atoms with Crippen LogP contribution in [0.15, 0.2) is 34.5 Å². The average Bonchev–Trinajstić information content (AvgIpc) is 3.14. The number of para-hydroxylation sites is 1. The van der Waals surface area contributed by atoms with Gasteiger partial charge in [0, 0.05) is 23.8 Å². The Hall–Kier alpha value is -2.12. The smallest absolute Gasteiger partial charge is 0.263 e. The zero-order valence-electron chi connectivity index (χ0n) is 15.6. The second kappa shape index (κ2) is 6.89. The Morgan fingerprint density at radius 1 is 1.23 bits per heavy atom. The van der Waals surface area contributed by atoms with Crippen LogP contribution in [0.1, 0.15) is 29.4 Å². The van der Waals surface area contributed by atoms with E-state index in [2.05, 4.69) is 9.71 Å². The Balaban J connectivity index is 2.06. The first-order valence-electron chi connectivity index (χ1n) is 8.44. The van der Waals surface area contributed by atoms with Crippen molar-refractivity contribution < 1.29 is 8.42 Å². The first kappa shape index (κ1) is 18.7. The van der Waals surface area contributed by atoms with E-state index in [4.69, 9.17) is 0 Å². The number of thiazole rings is 1. The van der Waals surface area contributed by atoms with E-state index in [0.717, 1.165) is 33.9 Å². The molecule has 0 saturated carbocycles. The molecule has 5 nitrogen and oxygen atoms in total. The van der Waals surface area contributed by atoms with Crippen molar-refractivity contribution >= 4 is 27.0 Å². The number of anilines is 1. The molecule has 0 saturated heterocycles. The second-order valence-electron chi connectivity index (χ2n) is 6.40. The molecular weight excluding hydrogens is 366 g/mol. The van der Waals surface area contributed by atoms with Crippen molar-refractivity contribution in [3.8, 4) is 10.7 Å². The molecule has 0 aliphatic carbocycles. The molecule has 0 amide bonds. The van der Waals surface area contributed by atoms with Crippen LogP contribution in [-0.2, 0) is 23.5 Å². The van der Waals surface area contributed by atoms with Crippen LogP contribution in [0.2, 0.25) is 0 Å². The van der Waals surface area contributed by atoms with Gasteiger partial charge in [0.1, 0.15) is 9.90 Å². The third-order valence-corrected chi connectivity index (χ3v) is 7.04. The molecule has 2 aromatic heterocycles. The number of nitrogens with one attached hydrogen (secondary N) is 1. The van der Waals surface area contributed by atoms with Gasteiger partial charge >= 0.3 is 0 Å². The highest BCUT2D eigenvalue weighted by molar-refractivity contribution is 7.92. The first-order chi connectivity index (χ1) is 12.2. The average molecular weight is 390 g/mol.